The Balaban J connectivity index is 2.21. The van der Waals surface area contributed by atoms with Gasteiger partial charge in [-0.3, -0.25) is 0 Å². The molecule has 2 rings (SSSR count). The lowest BCUT2D eigenvalue weighted by molar-refractivity contribution is 0.0754. The Morgan fingerprint density at radius 2 is 2.25 bits per heavy atom. The first-order valence-electron chi connectivity index (χ1n) is 5.72. The normalized spacial score (nSPS) is 22.1. The molecule has 1 unspecified atom stereocenters. The Morgan fingerprint density at radius 3 is 2.88 bits per heavy atom. The number of hydrogen-bond acceptors (Lipinski definition) is 4. The molecule has 1 saturated heterocycles. The van der Waals surface area contributed by atoms with E-state index in [0.29, 0.717) is 6.61 Å². The standard InChI is InChI=1S/C12H19N3O/c1-12(2,3)11-14-5-4-9(15-11)10-8-16-7-6-13-10/h4-5,10,13H,6-8H2,1-3H3. The molecule has 0 saturated carbocycles. The molecule has 16 heavy (non-hydrogen) atoms. The van der Waals surface area contributed by atoms with Gasteiger partial charge in [-0.25, -0.2) is 9.97 Å². The van der Waals surface area contributed by atoms with Crippen LogP contribution in [0, 0.1) is 0 Å². The molecule has 1 N–H and O–H groups in total. The Labute approximate surface area is 96.4 Å². The molecule has 1 aromatic heterocycles. The third kappa shape index (κ3) is 2.57. The molecule has 0 amide bonds. The monoisotopic (exact) mass is 221 g/mol. The van der Waals surface area contributed by atoms with Crippen LogP contribution in [0.3, 0.4) is 0 Å². The minimum atomic E-state index is -0.00840. The molecule has 0 bridgehead atoms. The van der Waals surface area contributed by atoms with E-state index in [1.54, 1.807) is 0 Å². The largest absolute Gasteiger partial charge is 0.378 e. The Morgan fingerprint density at radius 1 is 1.44 bits per heavy atom. The van der Waals surface area contributed by atoms with Crippen molar-refractivity contribution in [3.8, 4) is 0 Å². The predicted molar refractivity (Wildman–Crippen MR) is 62.3 cm³/mol. The summed E-state index contributed by atoms with van der Waals surface area (Å²) in [6.45, 7) is 8.73. The number of aromatic nitrogens is 2. The number of nitrogens with zero attached hydrogens (tertiary/aromatic N) is 2. The van der Waals surface area contributed by atoms with Crippen molar-refractivity contribution in [3.05, 3.63) is 23.8 Å². The summed E-state index contributed by atoms with van der Waals surface area (Å²) in [5, 5.41) is 3.40. The van der Waals surface area contributed by atoms with E-state index in [9.17, 15) is 0 Å². The molecule has 1 atom stereocenters. The summed E-state index contributed by atoms with van der Waals surface area (Å²) in [5.41, 5.74) is 1.02. The van der Waals surface area contributed by atoms with Gasteiger partial charge in [-0.05, 0) is 6.07 Å². The van der Waals surface area contributed by atoms with Gasteiger partial charge in [0.1, 0.15) is 5.82 Å². The van der Waals surface area contributed by atoms with Crippen molar-refractivity contribution >= 4 is 0 Å². The molecule has 2 heterocycles. The van der Waals surface area contributed by atoms with Gasteiger partial charge in [0.25, 0.3) is 0 Å². The summed E-state index contributed by atoms with van der Waals surface area (Å²) < 4.78 is 5.44. The SMILES string of the molecule is CC(C)(C)c1nccc(C2COCCN2)n1. The maximum atomic E-state index is 5.44. The minimum Gasteiger partial charge on any atom is -0.378 e. The highest BCUT2D eigenvalue weighted by Crippen LogP contribution is 2.20. The number of hydrogen-bond donors (Lipinski definition) is 1. The van der Waals surface area contributed by atoms with Crippen molar-refractivity contribution in [3.63, 3.8) is 0 Å². The molecule has 88 valence electrons. The van der Waals surface area contributed by atoms with E-state index in [1.807, 2.05) is 12.3 Å². The third-order valence-electron chi connectivity index (χ3n) is 2.63. The lowest BCUT2D eigenvalue weighted by Crippen LogP contribution is -2.35. The van der Waals surface area contributed by atoms with Gasteiger partial charge >= 0.3 is 0 Å². The lowest BCUT2D eigenvalue weighted by atomic mass is 9.95. The number of morpholine rings is 1. The van der Waals surface area contributed by atoms with Gasteiger partial charge in [-0.2, -0.15) is 0 Å². The van der Waals surface area contributed by atoms with Gasteiger partial charge in [0.15, 0.2) is 0 Å². The summed E-state index contributed by atoms with van der Waals surface area (Å²) >= 11 is 0. The van der Waals surface area contributed by atoms with E-state index in [0.717, 1.165) is 24.7 Å². The van der Waals surface area contributed by atoms with Crippen LogP contribution in [0.1, 0.15) is 38.3 Å². The highest BCUT2D eigenvalue weighted by atomic mass is 16.5. The zero-order valence-corrected chi connectivity index (χ0v) is 10.2. The van der Waals surface area contributed by atoms with E-state index in [-0.39, 0.29) is 11.5 Å². The highest BCUT2D eigenvalue weighted by Gasteiger charge is 2.21. The zero-order valence-electron chi connectivity index (χ0n) is 10.2. The van der Waals surface area contributed by atoms with Crippen LogP contribution in [-0.2, 0) is 10.2 Å². The fraction of sp³-hybridized carbons (Fsp3) is 0.667. The molecular weight excluding hydrogens is 202 g/mol. The van der Waals surface area contributed by atoms with Crippen LogP contribution < -0.4 is 5.32 Å². The van der Waals surface area contributed by atoms with E-state index >= 15 is 0 Å². The van der Waals surface area contributed by atoms with Crippen LogP contribution in [0.4, 0.5) is 0 Å². The van der Waals surface area contributed by atoms with Crippen molar-refractivity contribution in [2.24, 2.45) is 0 Å². The first-order chi connectivity index (χ1) is 7.57. The predicted octanol–water partition coefficient (Wildman–Crippen LogP) is 1.43. The first-order valence-corrected chi connectivity index (χ1v) is 5.72. The van der Waals surface area contributed by atoms with Crippen LogP contribution >= 0.6 is 0 Å². The first kappa shape index (κ1) is 11.5. The Kier molecular flexibility index (Phi) is 3.21. The second-order valence-corrected chi connectivity index (χ2v) is 5.14. The Bertz CT molecular complexity index is 354. The average Bonchev–Trinajstić information content (AvgIpc) is 2.29. The quantitative estimate of drug-likeness (QED) is 0.779. The fourth-order valence-electron chi connectivity index (χ4n) is 1.68. The van der Waals surface area contributed by atoms with Crippen molar-refractivity contribution < 1.29 is 4.74 Å². The molecule has 0 spiro atoms. The second-order valence-electron chi connectivity index (χ2n) is 5.14. The molecule has 1 aliphatic rings. The van der Waals surface area contributed by atoms with Crippen molar-refractivity contribution in [2.75, 3.05) is 19.8 Å². The van der Waals surface area contributed by atoms with Crippen molar-refractivity contribution in [1.82, 2.24) is 15.3 Å². The number of rotatable bonds is 1. The van der Waals surface area contributed by atoms with Crippen molar-refractivity contribution in [1.29, 1.82) is 0 Å². The van der Waals surface area contributed by atoms with E-state index in [1.165, 1.54) is 0 Å². The Hall–Kier alpha value is -1.00. The molecule has 0 aliphatic carbocycles. The van der Waals surface area contributed by atoms with Gasteiger partial charge in [-0.15, -0.1) is 0 Å². The smallest absolute Gasteiger partial charge is 0.133 e. The van der Waals surface area contributed by atoms with Gasteiger partial charge in [0.2, 0.25) is 0 Å². The topological polar surface area (TPSA) is 47.0 Å². The maximum Gasteiger partial charge on any atom is 0.133 e. The van der Waals surface area contributed by atoms with Crippen LogP contribution in [0.5, 0.6) is 0 Å². The van der Waals surface area contributed by atoms with Crippen molar-refractivity contribution in [2.45, 2.75) is 32.2 Å². The molecule has 1 aromatic rings. The van der Waals surface area contributed by atoms with Crippen LogP contribution in [0.15, 0.2) is 12.3 Å². The summed E-state index contributed by atoms with van der Waals surface area (Å²) in [4.78, 5) is 8.94. The minimum absolute atomic E-state index is 0.00840. The molecule has 4 nitrogen and oxygen atoms in total. The van der Waals surface area contributed by atoms with Gasteiger partial charge in [0, 0.05) is 18.2 Å². The molecule has 4 heteroatoms. The lowest BCUT2D eigenvalue weighted by Gasteiger charge is -2.24. The fourth-order valence-corrected chi connectivity index (χ4v) is 1.68. The summed E-state index contributed by atoms with van der Waals surface area (Å²) in [5.74, 6) is 0.886. The van der Waals surface area contributed by atoms with Crippen LogP contribution in [0.2, 0.25) is 0 Å². The maximum absolute atomic E-state index is 5.44. The number of nitrogens with one attached hydrogen (secondary N) is 1. The van der Waals surface area contributed by atoms with Crippen LogP contribution in [-0.4, -0.2) is 29.7 Å². The molecule has 0 aromatic carbocycles. The summed E-state index contributed by atoms with van der Waals surface area (Å²) in [7, 11) is 0. The highest BCUT2D eigenvalue weighted by molar-refractivity contribution is 5.12. The van der Waals surface area contributed by atoms with E-state index in [4.69, 9.17) is 4.74 Å². The molecule has 1 fully saturated rings. The average molecular weight is 221 g/mol. The second kappa shape index (κ2) is 4.47. The third-order valence-corrected chi connectivity index (χ3v) is 2.63. The van der Waals surface area contributed by atoms with Crippen LogP contribution in [0.25, 0.3) is 0 Å². The van der Waals surface area contributed by atoms with E-state index in [2.05, 4.69) is 36.1 Å². The number of ether oxygens (including phenoxy) is 1. The van der Waals surface area contributed by atoms with E-state index < -0.39 is 0 Å². The van der Waals surface area contributed by atoms with Gasteiger partial charge < -0.3 is 10.1 Å². The summed E-state index contributed by atoms with van der Waals surface area (Å²) in [6, 6.07) is 2.17. The van der Waals surface area contributed by atoms with Gasteiger partial charge in [-0.1, -0.05) is 20.8 Å². The van der Waals surface area contributed by atoms with Gasteiger partial charge in [0.05, 0.1) is 24.9 Å². The molecule has 1 aliphatic heterocycles. The summed E-state index contributed by atoms with van der Waals surface area (Å²) in [6.07, 6.45) is 1.83. The molecule has 0 radical (unpaired) electrons. The molecular formula is C12H19N3O. The zero-order chi connectivity index (χ0) is 11.6.